The van der Waals surface area contributed by atoms with E-state index in [1.54, 1.807) is 35.2 Å². The molecule has 1 amide bonds. The summed E-state index contributed by atoms with van der Waals surface area (Å²) < 4.78 is 13.8. The Morgan fingerprint density at radius 2 is 1.74 bits per heavy atom. The van der Waals surface area contributed by atoms with Gasteiger partial charge in [0.15, 0.2) is 0 Å². The van der Waals surface area contributed by atoms with Crippen LogP contribution < -0.4 is 10.6 Å². The van der Waals surface area contributed by atoms with Crippen LogP contribution >= 0.6 is 12.4 Å². The molecule has 0 radical (unpaired) electrons. The van der Waals surface area contributed by atoms with Crippen molar-refractivity contribution in [1.82, 2.24) is 9.88 Å². The molecule has 122 valence electrons. The van der Waals surface area contributed by atoms with Gasteiger partial charge in [0, 0.05) is 26.2 Å². The SMILES string of the molecule is Cl.Nc1cccc(C(=O)N2CCN(c3ccccc3F)CC2)n1. The Hall–Kier alpha value is -2.34. The van der Waals surface area contributed by atoms with Crippen LogP contribution in [0.15, 0.2) is 42.5 Å². The van der Waals surface area contributed by atoms with E-state index in [0.29, 0.717) is 43.4 Å². The quantitative estimate of drug-likeness (QED) is 0.913. The Bertz CT molecular complexity index is 689. The van der Waals surface area contributed by atoms with Gasteiger partial charge in [0.1, 0.15) is 17.3 Å². The number of carbonyl (C=O) groups excluding carboxylic acids is 1. The third-order valence-electron chi connectivity index (χ3n) is 3.75. The summed E-state index contributed by atoms with van der Waals surface area (Å²) >= 11 is 0. The lowest BCUT2D eigenvalue weighted by atomic mass is 10.2. The molecule has 2 N–H and O–H groups in total. The molecule has 1 aliphatic heterocycles. The van der Waals surface area contributed by atoms with Gasteiger partial charge in [-0.3, -0.25) is 4.79 Å². The summed E-state index contributed by atoms with van der Waals surface area (Å²) in [6, 6.07) is 11.7. The number of hydrogen-bond acceptors (Lipinski definition) is 4. The van der Waals surface area contributed by atoms with E-state index in [1.807, 2.05) is 11.0 Å². The fraction of sp³-hybridized carbons (Fsp3) is 0.250. The van der Waals surface area contributed by atoms with Crippen LogP contribution in [0.2, 0.25) is 0 Å². The van der Waals surface area contributed by atoms with E-state index < -0.39 is 0 Å². The second kappa shape index (κ2) is 7.28. The van der Waals surface area contributed by atoms with Crippen LogP contribution in [0.3, 0.4) is 0 Å². The summed E-state index contributed by atoms with van der Waals surface area (Å²) in [5.74, 6) is -0.0453. The number of hydrogen-bond donors (Lipinski definition) is 1. The number of para-hydroxylation sites is 1. The molecule has 3 rings (SSSR count). The second-order valence-electron chi connectivity index (χ2n) is 5.18. The zero-order chi connectivity index (χ0) is 15.5. The lowest BCUT2D eigenvalue weighted by Crippen LogP contribution is -2.49. The molecule has 0 unspecified atom stereocenters. The molecule has 23 heavy (non-hydrogen) atoms. The van der Waals surface area contributed by atoms with E-state index in [1.165, 1.54) is 6.07 Å². The van der Waals surface area contributed by atoms with Crippen LogP contribution in [0, 0.1) is 5.82 Å². The number of anilines is 2. The van der Waals surface area contributed by atoms with Gasteiger partial charge in [0.25, 0.3) is 5.91 Å². The normalized spacial score (nSPS) is 14.3. The molecule has 0 atom stereocenters. The average Bonchev–Trinajstić information content (AvgIpc) is 2.55. The largest absolute Gasteiger partial charge is 0.384 e. The lowest BCUT2D eigenvalue weighted by molar-refractivity contribution is 0.0741. The standard InChI is InChI=1S/C16H17FN4O.ClH/c17-12-4-1-2-6-14(12)20-8-10-21(11-9-20)16(22)13-5-3-7-15(18)19-13;/h1-7H,8-11H2,(H2,18,19);1H. The predicted molar refractivity (Wildman–Crippen MR) is 90.4 cm³/mol. The molecule has 2 heterocycles. The van der Waals surface area contributed by atoms with E-state index in [-0.39, 0.29) is 24.1 Å². The molecule has 1 saturated heterocycles. The van der Waals surface area contributed by atoms with Gasteiger partial charge in [-0.1, -0.05) is 18.2 Å². The first kappa shape index (κ1) is 17.0. The van der Waals surface area contributed by atoms with Gasteiger partial charge in [-0.15, -0.1) is 12.4 Å². The van der Waals surface area contributed by atoms with Crippen molar-refractivity contribution >= 4 is 29.8 Å². The lowest BCUT2D eigenvalue weighted by Gasteiger charge is -2.36. The Morgan fingerprint density at radius 3 is 2.39 bits per heavy atom. The highest BCUT2D eigenvalue weighted by molar-refractivity contribution is 5.92. The third-order valence-corrected chi connectivity index (χ3v) is 3.75. The molecule has 5 nitrogen and oxygen atoms in total. The summed E-state index contributed by atoms with van der Waals surface area (Å²) in [5.41, 5.74) is 6.54. The minimum absolute atomic E-state index is 0. The van der Waals surface area contributed by atoms with Crippen LogP contribution in [0.4, 0.5) is 15.9 Å². The number of benzene rings is 1. The molecule has 7 heteroatoms. The van der Waals surface area contributed by atoms with E-state index in [4.69, 9.17) is 5.73 Å². The first-order valence-electron chi connectivity index (χ1n) is 7.16. The topological polar surface area (TPSA) is 62.5 Å². The number of nitrogen functional groups attached to an aromatic ring is 1. The molecule has 0 spiro atoms. The number of halogens is 2. The number of piperazine rings is 1. The van der Waals surface area contributed by atoms with Crippen LogP contribution in [-0.4, -0.2) is 42.0 Å². The number of nitrogens with two attached hydrogens (primary N) is 1. The smallest absolute Gasteiger partial charge is 0.272 e. The van der Waals surface area contributed by atoms with Gasteiger partial charge in [-0.05, 0) is 24.3 Å². The minimum atomic E-state index is -0.236. The maximum Gasteiger partial charge on any atom is 0.272 e. The zero-order valence-electron chi connectivity index (χ0n) is 12.5. The van der Waals surface area contributed by atoms with Gasteiger partial charge in [0.2, 0.25) is 0 Å². The third kappa shape index (κ3) is 3.71. The maximum absolute atomic E-state index is 13.8. The fourth-order valence-electron chi connectivity index (χ4n) is 2.59. The number of aromatic nitrogens is 1. The first-order valence-corrected chi connectivity index (χ1v) is 7.16. The molecular weight excluding hydrogens is 319 g/mol. The van der Waals surface area contributed by atoms with Gasteiger partial charge >= 0.3 is 0 Å². The molecule has 0 aliphatic carbocycles. The number of pyridine rings is 1. The van der Waals surface area contributed by atoms with Gasteiger partial charge in [-0.25, -0.2) is 9.37 Å². The second-order valence-corrected chi connectivity index (χ2v) is 5.18. The fourth-order valence-corrected chi connectivity index (χ4v) is 2.59. The Morgan fingerprint density at radius 1 is 1.04 bits per heavy atom. The van der Waals surface area contributed by atoms with E-state index in [0.717, 1.165) is 0 Å². The molecule has 1 fully saturated rings. The molecule has 1 aliphatic rings. The Balaban J connectivity index is 0.00000192. The van der Waals surface area contributed by atoms with E-state index in [9.17, 15) is 9.18 Å². The summed E-state index contributed by atoms with van der Waals surface area (Å²) in [6.07, 6.45) is 0. The molecule has 0 saturated carbocycles. The van der Waals surface area contributed by atoms with E-state index >= 15 is 0 Å². The number of nitrogens with zero attached hydrogens (tertiary/aromatic N) is 3. The Labute approximate surface area is 140 Å². The van der Waals surface area contributed by atoms with Crippen molar-refractivity contribution in [1.29, 1.82) is 0 Å². The summed E-state index contributed by atoms with van der Waals surface area (Å²) in [5, 5.41) is 0. The van der Waals surface area contributed by atoms with Crippen LogP contribution in [0.1, 0.15) is 10.5 Å². The number of carbonyl (C=O) groups is 1. The van der Waals surface area contributed by atoms with Crippen molar-refractivity contribution in [2.75, 3.05) is 36.8 Å². The summed E-state index contributed by atoms with van der Waals surface area (Å²) in [6.45, 7) is 2.25. The number of amides is 1. The highest BCUT2D eigenvalue weighted by atomic mass is 35.5. The van der Waals surface area contributed by atoms with Crippen LogP contribution in [0.25, 0.3) is 0 Å². The molecule has 1 aromatic heterocycles. The van der Waals surface area contributed by atoms with E-state index in [2.05, 4.69) is 4.98 Å². The van der Waals surface area contributed by atoms with Crippen molar-refractivity contribution in [3.63, 3.8) is 0 Å². The number of rotatable bonds is 2. The van der Waals surface area contributed by atoms with Crippen molar-refractivity contribution < 1.29 is 9.18 Å². The van der Waals surface area contributed by atoms with Gasteiger partial charge in [-0.2, -0.15) is 0 Å². The van der Waals surface area contributed by atoms with Crippen LogP contribution in [0.5, 0.6) is 0 Å². The van der Waals surface area contributed by atoms with Crippen molar-refractivity contribution in [2.45, 2.75) is 0 Å². The minimum Gasteiger partial charge on any atom is -0.384 e. The molecule has 1 aromatic carbocycles. The van der Waals surface area contributed by atoms with Crippen LogP contribution in [-0.2, 0) is 0 Å². The molecule has 0 bridgehead atoms. The monoisotopic (exact) mass is 336 g/mol. The van der Waals surface area contributed by atoms with Crippen molar-refractivity contribution in [2.24, 2.45) is 0 Å². The zero-order valence-corrected chi connectivity index (χ0v) is 13.3. The van der Waals surface area contributed by atoms with Gasteiger partial charge < -0.3 is 15.5 Å². The van der Waals surface area contributed by atoms with Gasteiger partial charge in [0.05, 0.1) is 5.69 Å². The summed E-state index contributed by atoms with van der Waals surface area (Å²) in [4.78, 5) is 20.1. The maximum atomic E-state index is 13.8. The predicted octanol–water partition coefficient (Wildman–Crippen LogP) is 2.19. The summed E-state index contributed by atoms with van der Waals surface area (Å²) in [7, 11) is 0. The Kier molecular flexibility index (Phi) is 5.39. The average molecular weight is 337 g/mol. The van der Waals surface area contributed by atoms with Crippen molar-refractivity contribution in [3.05, 3.63) is 54.0 Å². The first-order chi connectivity index (χ1) is 10.6. The highest BCUT2D eigenvalue weighted by Crippen LogP contribution is 2.20. The molecular formula is C16H18ClFN4O. The highest BCUT2D eigenvalue weighted by Gasteiger charge is 2.24. The molecule has 2 aromatic rings. The van der Waals surface area contributed by atoms with Crippen molar-refractivity contribution in [3.8, 4) is 0 Å².